The van der Waals surface area contributed by atoms with Gasteiger partial charge in [0.2, 0.25) is 0 Å². The van der Waals surface area contributed by atoms with Crippen molar-refractivity contribution in [3.8, 4) is 0 Å². The number of rotatable bonds is 0. The summed E-state index contributed by atoms with van der Waals surface area (Å²) in [5, 5.41) is 9.73. The van der Waals surface area contributed by atoms with E-state index in [9.17, 15) is 5.11 Å². The minimum atomic E-state index is -0.414. The average Bonchev–Trinajstić information content (AvgIpc) is 2.41. The monoisotopic (exact) mass is 166 g/mol. The van der Waals surface area contributed by atoms with Crippen LogP contribution in [0.2, 0.25) is 0 Å². The summed E-state index contributed by atoms with van der Waals surface area (Å²) < 4.78 is 5.46. The first-order chi connectivity index (χ1) is 5.70. The highest BCUT2D eigenvalue weighted by Crippen LogP contribution is 2.36. The minimum absolute atomic E-state index is 0.0255. The molecule has 1 aliphatic carbocycles. The van der Waals surface area contributed by atoms with Crippen LogP contribution >= 0.6 is 0 Å². The van der Waals surface area contributed by atoms with Crippen LogP contribution in [-0.2, 0) is 4.74 Å². The van der Waals surface area contributed by atoms with Crippen LogP contribution in [0.4, 0.5) is 0 Å². The molecule has 1 N–H and O–H groups in total. The van der Waals surface area contributed by atoms with E-state index in [0.29, 0.717) is 12.5 Å². The zero-order valence-corrected chi connectivity index (χ0v) is 7.29. The molecule has 2 nitrogen and oxygen atoms in total. The van der Waals surface area contributed by atoms with Crippen molar-refractivity contribution in [2.24, 2.45) is 5.92 Å². The molecule has 1 saturated heterocycles. The average molecular weight is 166 g/mol. The van der Waals surface area contributed by atoms with E-state index in [0.717, 1.165) is 17.6 Å². The van der Waals surface area contributed by atoms with E-state index >= 15 is 0 Å². The Morgan fingerprint density at radius 1 is 1.67 bits per heavy atom. The fourth-order valence-electron chi connectivity index (χ4n) is 1.96. The summed E-state index contributed by atoms with van der Waals surface area (Å²) in [5.74, 6) is 0.351. The molecule has 12 heavy (non-hydrogen) atoms. The zero-order chi connectivity index (χ0) is 8.72. The molecule has 1 fully saturated rings. The Labute approximate surface area is 72.5 Å². The molecular weight excluding hydrogens is 152 g/mol. The third-order valence-electron chi connectivity index (χ3n) is 2.85. The molecule has 1 heterocycles. The molecule has 1 aliphatic heterocycles. The fraction of sp³-hybridized carbons (Fsp3) is 0.600. The predicted molar refractivity (Wildman–Crippen MR) is 46.8 cm³/mol. The lowest BCUT2D eigenvalue weighted by Crippen LogP contribution is -2.35. The highest BCUT2D eigenvalue weighted by atomic mass is 16.5. The first-order valence-corrected chi connectivity index (χ1v) is 4.34. The first kappa shape index (κ1) is 8.02. The van der Waals surface area contributed by atoms with Gasteiger partial charge in [0.05, 0.1) is 12.7 Å². The first-order valence-electron chi connectivity index (χ1n) is 4.34. The number of aliphatic hydroxyl groups is 1. The summed E-state index contributed by atoms with van der Waals surface area (Å²) >= 11 is 0. The molecule has 2 heteroatoms. The van der Waals surface area contributed by atoms with Gasteiger partial charge < -0.3 is 9.84 Å². The Hall–Kier alpha value is -0.600. The minimum Gasteiger partial charge on any atom is -0.386 e. The van der Waals surface area contributed by atoms with Crippen LogP contribution in [0, 0.1) is 5.92 Å². The van der Waals surface area contributed by atoms with E-state index in [1.54, 1.807) is 0 Å². The Morgan fingerprint density at radius 3 is 3.17 bits per heavy atom. The van der Waals surface area contributed by atoms with E-state index in [-0.39, 0.29) is 6.10 Å². The lowest BCUT2D eigenvalue weighted by Gasteiger charge is -2.28. The van der Waals surface area contributed by atoms with Gasteiger partial charge in [-0.1, -0.05) is 12.7 Å². The quantitative estimate of drug-likeness (QED) is 0.549. The molecule has 0 aromatic carbocycles. The van der Waals surface area contributed by atoms with Gasteiger partial charge >= 0.3 is 0 Å². The molecule has 0 bridgehead atoms. The molecule has 2 aliphatic rings. The molecule has 2 rings (SSSR count). The van der Waals surface area contributed by atoms with Crippen molar-refractivity contribution in [3.63, 3.8) is 0 Å². The summed E-state index contributed by atoms with van der Waals surface area (Å²) in [6.45, 7) is 6.50. The zero-order valence-electron chi connectivity index (χ0n) is 7.29. The van der Waals surface area contributed by atoms with Crippen molar-refractivity contribution in [2.45, 2.75) is 25.6 Å². The maximum Gasteiger partial charge on any atom is 0.101 e. The van der Waals surface area contributed by atoms with E-state index in [1.807, 2.05) is 6.92 Å². The normalized spacial score (nSPS) is 41.0. The van der Waals surface area contributed by atoms with Gasteiger partial charge in [-0.15, -0.1) is 0 Å². The molecule has 0 amide bonds. The largest absolute Gasteiger partial charge is 0.386 e. The lowest BCUT2D eigenvalue weighted by atomic mass is 9.83. The Bertz CT molecular complexity index is 242. The predicted octanol–water partition coefficient (Wildman–Crippen LogP) is 1.27. The van der Waals surface area contributed by atoms with Crippen LogP contribution in [0.3, 0.4) is 0 Å². The Kier molecular flexibility index (Phi) is 1.81. The molecule has 0 radical (unpaired) electrons. The summed E-state index contributed by atoms with van der Waals surface area (Å²) in [5.41, 5.74) is 2.16. The topological polar surface area (TPSA) is 29.5 Å². The third kappa shape index (κ3) is 1.03. The summed E-state index contributed by atoms with van der Waals surface area (Å²) in [7, 11) is 0. The second kappa shape index (κ2) is 2.71. The van der Waals surface area contributed by atoms with Crippen LogP contribution < -0.4 is 0 Å². The molecule has 0 unspecified atom stereocenters. The van der Waals surface area contributed by atoms with Crippen LogP contribution in [0.1, 0.15) is 13.3 Å². The number of fused-ring (bicyclic) bond motifs is 1. The summed E-state index contributed by atoms with van der Waals surface area (Å²) in [6.07, 6.45) is 2.63. The van der Waals surface area contributed by atoms with Gasteiger partial charge in [-0.3, -0.25) is 0 Å². The SMILES string of the molecule is C=C1CO[C@H]2[C@H](O)C(C)=CC[C@@H]12. The van der Waals surface area contributed by atoms with Crippen molar-refractivity contribution in [1.29, 1.82) is 0 Å². The van der Waals surface area contributed by atoms with Crippen LogP contribution in [0.5, 0.6) is 0 Å². The van der Waals surface area contributed by atoms with Gasteiger partial charge in [0.25, 0.3) is 0 Å². The molecule has 0 aromatic heterocycles. The Balaban J connectivity index is 2.24. The molecule has 0 spiro atoms. The molecule has 0 aromatic rings. The van der Waals surface area contributed by atoms with Gasteiger partial charge in [0, 0.05) is 5.92 Å². The smallest absolute Gasteiger partial charge is 0.101 e. The summed E-state index contributed by atoms with van der Waals surface area (Å²) in [6, 6.07) is 0. The second-order valence-corrected chi connectivity index (χ2v) is 3.67. The van der Waals surface area contributed by atoms with Gasteiger partial charge in [-0.2, -0.15) is 0 Å². The standard InChI is InChI=1S/C10H14O2/c1-6-3-4-8-7(2)5-12-10(8)9(6)11/h3,8-11H,2,4-5H2,1H3/t8-,9+,10+/m0/s1. The van der Waals surface area contributed by atoms with Crippen molar-refractivity contribution in [1.82, 2.24) is 0 Å². The van der Waals surface area contributed by atoms with E-state index in [1.165, 1.54) is 0 Å². The number of hydrogen-bond acceptors (Lipinski definition) is 2. The Morgan fingerprint density at radius 2 is 2.42 bits per heavy atom. The molecule has 66 valence electrons. The maximum absolute atomic E-state index is 9.73. The van der Waals surface area contributed by atoms with Crippen molar-refractivity contribution >= 4 is 0 Å². The van der Waals surface area contributed by atoms with Gasteiger partial charge in [-0.05, 0) is 24.5 Å². The van der Waals surface area contributed by atoms with Crippen molar-refractivity contribution in [3.05, 3.63) is 23.8 Å². The maximum atomic E-state index is 9.73. The molecular formula is C10H14O2. The van der Waals surface area contributed by atoms with E-state index < -0.39 is 6.10 Å². The number of hydrogen-bond donors (Lipinski definition) is 1. The van der Waals surface area contributed by atoms with Crippen molar-refractivity contribution < 1.29 is 9.84 Å². The number of aliphatic hydroxyl groups excluding tert-OH is 1. The van der Waals surface area contributed by atoms with Crippen LogP contribution in [0.25, 0.3) is 0 Å². The van der Waals surface area contributed by atoms with E-state index in [2.05, 4.69) is 12.7 Å². The molecule has 3 atom stereocenters. The van der Waals surface area contributed by atoms with E-state index in [4.69, 9.17) is 4.74 Å². The highest BCUT2D eigenvalue weighted by Gasteiger charge is 2.38. The number of ether oxygens (including phenoxy) is 1. The van der Waals surface area contributed by atoms with Crippen molar-refractivity contribution in [2.75, 3.05) is 6.61 Å². The van der Waals surface area contributed by atoms with Gasteiger partial charge in [-0.25, -0.2) is 0 Å². The van der Waals surface area contributed by atoms with Gasteiger partial charge in [0.15, 0.2) is 0 Å². The highest BCUT2D eigenvalue weighted by molar-refractivity contribution is 5.22. The third-order valence-corrected chi connectivity index (χ3v) is 2.85. The number of allylic oxidation sites excluding steroid dienone is 1. The second-order valence-electron chi connectivity index (χ2n) is 3.67. The van der Waals surface area contributed by atoms with Gasteiger partial charge in [0.1, 0.15) is 6.10 Å². The van der Waals surface area contributed by atoms with Crippen LogP contribution in [-0.4, -0.2) is 23.9 Å². The summed E-state index contributed by atoms with van der Waals surface area (Å²) in [4.78, 5) is 0. The fourth-order valence-corrected chi connectivity index (χ4v) is 1.96. The van der Waals surface area contributed by atoms with Crippen LogP contribution in [0.15, 0.2) is 23.8 Å². The molecule has 0 saturated carbocycles. The lowest BCUT2D eigenvalue weighted by molar-refractivity contribution is -0.00573.